The molecular weight excluding hydrogens is 512 g/mol. The van der Waals surface area contributed by atoms with Crippen molar-refractivity contribution in [1.29, 1.82) is 0 Å². The Kier molecular flexibility index (Phi) is 7.97. The lowest BCUT2D eigenvalue weighted by Crippen LogP contribution is -2.54. The summed E-state index contributed by atoms with van der Waals surface area (Å²) < 4.78 is 27.1. The first-order valence-corrected chi connectivity index (χ1v) is 13.6. The van der Waals surface area contributed by atoms with Crippen LogP contribution in [-0.4, -0.2) is 65.5 Å². The van der Waals surface area contributed by atoms with Crippen molar-refractivity contribution in [2.45, 2.75) is 43.8 Å². The van der Waals surface area contributed by atoms with E-state index in [0.717, 1.165) is 10.5 Å². The molecule has 2 unspecified atom stereocenters. The number of benzene rings is 1. The lowest BCUT2D eigenvalue weighted by molar-refractivity contribution is -0.646. The number of Topliss-reactive ketones (excluding diaryl/α,β-unsaturated/α-hetero) is 1. The highest BCUT2D eigenvalue weighted by Crippen LogP contribution is 2.18. The summed E-state index contributed by atoms with van der Waals surface area (Å²) in [5.74, 6) is -2.00. The maximum atomic E-state index is 13.1. The summed E-state index contributed by atoms with van der Waals surface area (Å²) in [4.78, 5) is 47.5. The molecule has 1 saturated heterocycles. The van der Waals surface area contributed by atoms with E-state index in [-0.39, 0.29) is 35.7 Å². The van der Waals surface area contributed by atoms with Gasteiger partial charge in [0.05, 0.1) is 29.8 Å². The van der Waals surface area contributed by atoms with Gasteiger partial charge < -0.3 is 15.8 Å². The van der Waals surface area contributed by atoms with Crippen LogP contribution in [0.1, 0.15) is 37.2 Å². The third-order valence-corrected chi connectivity index (χ3v) is 8.08. The summed E-state index contributed by atoms with van der Waals surface area (Å²) in [5, 5.41) is 16.9. The quantitative estimate of drug-likeness (QED) is 0.324. The third kappa shape index (κ3) is 5.78. The fraction of sp³-hybridized carbons (Fsp3) is 0.360. The van der Waals surface area contributed by atoms with E-state index in [1.165, 1.54) is 24.4 Å². The lowest BCUT2D eigenvalue weighted by Gasteiger charge is -2.24. The molecule has 38 heavy (non-hydrogen) atoms. The summed E-state index contributed by atoms with van der Waals surface area (Å²) >= 11 is 0. The highest BCUT2D eigenvalue weighted by Gasteiger charge is 2.37. The van der Waals surface area contributed by atoms with E-state index in [1.807, 2.05) is 0 Å². The Morgan fingerprint density at radius 2 is 1.84 bits per heavy atom. The zero-order chi connectivity index (χ0) is 27.4. The molecule has 1 aliphatic rings. The first-order valence-electron chi connectivity index (χ1n) is 12.1. The van der Waals surface area contributed by atoms with Crippen LogP contribution in [0.4, 0.5) is 0 Å². The number of ketones is 1. The number of hydrogen-bond donors (Lipinski definition) is 2. The lowest BCUT2D eigenvalue weighted by atomic mass is 10.0. The molecule has 2 atom stereocenters. The average Bonchev–Trinajstić information content (AvgIpc) is 3.08. The minimum absolute atomic E-state index is 0.0142. The average molecular weight is 541 g/mol. The van der Waals surface area contributed by atoms with Crippen molar-refractivity contribution in [2.24, 2.45) is 5.92 Å². The van der Waals surface area contributed by atoms with Crippen LogP contribution in [0.2, 0.25) is 0 Å². The van der Waals surface area contributed by atoms with Gasteiger partial charge in [0.1, 0.15) is 11.7 Å². The molecule has 2 amide bonds. The minimum atomic E-state index is -4.21. The number of carbonyl (C=O) groups is 3. The Labute approximate surface area is 219 Å². The minimum Gasteiger partial charge on any atom is -0.618 e. The summed E-state index contributed by atoms with van der Waals surface area (Å²) in [6.07, 6.45) is 2.89. The van der Waals surface area contributed by atoms with Crippen molar-refractivity contribution in [3.05, 3.63) is 65.8 Å². The summed E-state index contributed by atoms with van der Waals surface area (Å²) in [6.45, 7) is 3.02. The van der Waals surface area contributed by atoms with Crippen LogP contribution < -0.4 is 15.4 Å². The Balaban J connectivity index is 1.44. The molecule has 3 aromatic rings. The maximum absolute atomic E-state index is 13.1. The van der Waals surface area contributed by atoms with Crippen LogP contribution in [0.15, 0.2) is 59.9 Å². The molecule has 0 aliphatic carbocycles. The molecule has 2 N–H and O–H groups in total. The molecule has 0 radical (unpaired) electrons. The Hall–Kier alpha value is -3.97. The Morgan fingerprint density at radius 3 is 2.55 bits per heavy atom. The van der Waals surface area contributed by atoms with Crippen LogP contribution in [0.5, 0.6) is 0 Å². The molecular formula is C25H28N6O6S. The zero-order valence-electron chi connectivity index (χ0n) is 20.9. The predicted molar refractivity (Wildman–Crippen MR) is 136 cm³/mol. The Morgan fingerprint density at radius 1 is 1.13 bits per heavy atom. The van der Waals surface area contributed by atoms with E-state index in [4.69, 9.17) is 0 Å². The van der Waals surface area contributed by atoms with Gasteiger partial charge in [0, 0.05) is 18.7 Å². The van der Waals surface area contributed by atoms with Crippen LogP contribution >= 0.6 is 0 Å². The monoisotopic (exact) mass is 540 g/mol. The largest absolute Gasteiger partial charge is 0.618 e. The maximum Gasteiger partial charge on any atom is 0.323 e. The number of aromatic nitrogens is 3. The van der Waals surface area contributed by atoms with Gasteiger partial charge in [0.2, 0.25) is 5.91 Å². The van der Waals surface area contributed by atoms with E-state index >= 15 is 0 Å². The van der Waals surface area contributed by atoms with Crippen LogP contribution in [-0.2, 0) is 19.6 Å². The van der Waals surface area contributed by atoms with Crippen LogP contribution in [0, 0.1) is 11.1 Å². The van der Waals surface area contributed by atoms with Crippen molar-refractivity contribution >= 4 is 38.7 Å². The number of sulfonamides is 1. The number of amides is 2. The van der Waals surface area contributed by atoms with Crippen molar-refractivity contribution in [3.63, 3.8) is 0 Å². The molecule has 4 rings (SSSR count). The number of hydrogen-bond acceptors (Lipinski definition) is 8. The number of carbonyl (C=O) groups excluding carboxylic acids is 3. The molecule has 2 aromatic heterocycles. The van der Waals surface area contributed by atoms with Gasteiger partial charge in [-0.3, -0.25) is 19.4 Å². The van der Waals surface area contributed by atoms with Gasteiger partial charge >= 0.3 is 15.0 Å². The van der Waals surface area contributed by atoms with Crippen molar-refractivity contribution < 1.29 is 27.5 Å². The second kappa shape index (κ2) is 11.2. The number of fused-ring (bicyclic) bond motifs is 1. The van der Waals surface area contributed by atoms with E-state index < -0.39 is 51.3 Å². The molecule has 0 saturated carbocycles. The molecule has 1 fully saturated rings. The van der Waals surface area contributed by atoms with E-state index in [0.29, 0.717) is 11.0 Å². The SMILES string of the molecule is CC(C)C(NC(=O)c1cnc2ccccc2n1)C(=O)NC1CCCN(S(=O)(=O)c2cccc[n+]2[O-])CC1=O. The van der Waals surface area contributed by atoms with Crippen molar-refractivity contribution in [2.75, 3.05) is 13.1 Å². The van der Waals surface area contributed by atoms with Gasteiger partial charge in [-0.2, -0.15) is 9.04 Å². The zero-order valence-corrected chi connectivity index (χ0v) is 21.7. The van der Waals surface area contributed by atoms with E-state index in [2.05, 4.69) is 20.6 Å². The first kappa shape index (κ1) is 27.1. The van der Waals surface area contributed by atoms with E-state index in [1.54, 1.807) is 38.1 Å². The predicted octanol–water partition coefficient (Wildman–Crippen LogP) is 0.556. The Bertz CT molecular complexity index is 1480. The van der Waals surface area contributed by atoms with Crippen molar-refractivity contribution in [3.8, 4) is 0 Å². The molecule has 1 aromatic carbocycles. The normalized spacial score (nSPS) is 17.7. The summed E-state index contributed by atoms with van der Waals surface area (Å²) in [6, 6.07) is 9.15. The summed E-state index contributed by atoms with van der Waals surface area (Å²) in [7, 11) is -4.21. The number of nitrogens with zero attached hydrogens (tertiary/aromatic N) is 4. The molecule has 12 nitrogen and oxygen atoms in total. The second-order valence-corrected chi connectivity index (χ2v) is 11.2. The number of rotatable bonds is 7. The topological polar surface area (TPSA) is 165 Å². The smallest absolute Gasteiger partial charge is 0.323 e. The van der Waals surface area contributed by atoms with Crippen LogP contribution in [0.3, 0.4) is 0 Å². The molecule has 0 bridgehead atoms. The molecule has 200 valence electrons. The molecule has 1 aliphatic heterocycles. The van der Waals surface area contributed by atoms with Gasteiger partial charge in [0.25, 0.3) is 5.91 Å². The number of nitrogens with one attached hydrogen (secondary N) is 2. The van der Waals surface area contributed by atoms with Gasteiger partial charge in [-0.05, 0) is 37.0 Å². The fourth-order valence-electron chi connectivity index (χ4n) is 4.18. The summed E-state index contributed by atoms with van der Waals surface area (Å²) in [5.41, 5.74) is 1.21. The molecule has 3 heterocycles. The first-order chi connectivity index (χ1) is 18.1. The van der Waals surface area contributed by atoms with Gasteiger partial charge in [0.15, 0.2) is 12.0 Å². The van der Waals surface area contributed by atoms with Gasteiger partial charge in [-0.1, -0.05) is 26.0 Å². The number of para-hydroxylation sites is 2. The van der Waals surface area contributed by atoms with Gasteiger partial charge in [-0.25, -0.2) is 13.4 Å². The van der Waals surface area contributed by atoms with Crippen molar-refractivity contribution in [1.82, 2.24) is 24.9 Å². The van der Waals surface area contributed by atoms with Crippen LogP contribution in [0.25, 0.3) is 11.0 Å². The highest BCUT2D eigenvalue weighted by atomic mass is 32.2. The number of pyridine rings is 1. The third-order valence-electron chi connectivity index (χ3n) is 6.25. The molecule has 0 spiro atoms. The van der Waals surface area contributed by atoms with E-state index in [9.17, 15) is 28.0 Å². The van der Waals surface area contributed by atoms with Gasteiger partial charge in [-0.15, -0.1) is 0 Å². The standard InChI is InChI=1S/C25H28N6O6S/c1-16(2)23(29-24(33)20-14-26-17-8-3-4-9-18(17)27-20)25(34)28-19-10-7-12-30(15-21(19)32)38(36,37)22-11-5-6-13-31(22)35/h3-6,8-9,11,13-14,16,19,23H,7,10,12,15H2,1-2H3,(H,28,34)(H,29,33). The highest BCUT2D eigenvalue weighted by molar-refractivity contribution is 7.89. The fourth-order valence-corrected chi connectivity index (χ4v) is 5.65. The second-order valence-electron chi connectivity index (χ2n) is 9.31. The molecule has 13 heteroatoms.